The molecule has 0 heterocycles. The van der Waals surface area contributed by atoms with Crippen LogP contribution in [-0.2, 0) is 0 Å². The number of rotatable bonds is 6. The van der Waals surface area contributed by atoms with Crippen molar-refractivity contribution in [3.8, 4) is 5.75 Å². The third-order valence-electron chi connectivity index (χ3n) is 2.46. The van der Waals surface area contributed by atoms with Gasteiger partial charge in [-0.25, -0.2) is 0 Å². The Balaban J connectivity index is 2.54. The molecule has 1 aromatic rings. The zero-order chi connectivity index (χ0) is 14.5. The normalized spacial score (nSPS) is 13.6. The van der Waals surface area contributed by atoms with E-state index in [9.17, 15) is 13.9 Å². The molecular weight excluding hydrogens is 252 g/mol. The zero-order valence-electron chi connectivity index (χ0n) is 11.5. The second kappa shape index (κ2) is 6.82. The Morgan fingerprint density at radius 1 is 1.32 bits per heavy atom. The first kappa shape index (κ1) is 15.9. The van der Waals surface area contributed by atoms with Crippen LogP contribution in [-0.4, -0.2) is 24.8 Å². The summed E-state index contributed by atoms with van der Waals surface area (Å²) in [6, 6.07) is 6.13. The summed E-state index contributed by atoms with van der Waals surface area (Å²) in [4.78, 5) is 0. The molecule has 0 spiro atoms. The van der Waals surface area contributed by atoms with E-state index in [1.165, 1.54) is 12.1 Å². The second-order valence-electron chi connectivity index (χ2n) is 5.66. The molecule has 0 aliphatic rings. The number of benzene rings is 1. The van der Waals surface area contributed by atoms with Crippen molar-refractivity contribution >= 4 is 0 Å². The Morgan fingerprint density at radius 2 is 2.00 bits per heavy atom. The number of hydrogen-bond donors (Lipinski definition) is 2. The fraction of sp³-hybridized carbons (Fsp3) is 0.571. The number of aliphatic hydroxyl groups is 1. The Bertz CT molecular complexity index is 391. The molecule has 0 aliphatic heterocycles. The van der Waals surface area contributed by atoms with Gasteiger partial charge in [-0.05, 0) is 23.1 Å². The Kier molecular flexibility index (Phi) is 5.69. The Hall–Kier alpha value is -1.20. The molecule has 108 valence electrons. The monoisotopic (exact) mass is 273 g/mol. The van der Waals surface area contributed by atoms with E-state index >= 15 is 0 Å². The standard InChI is InChI=1S/C14H21F2NO2/c1-14(2,3)9-17-8-12(18)10-5-4-6-11(7-10)19-13(15)16/h4-7,12-13,17-18H,8-9H2,1-3H3. The molecule has 0 saturated heterocycles. The average molecular weight is 273 g/mol. The highest BCUT2D eigenvalue weighted by molar-refractivity contribution is 5.30. The van der Waals surface area contributed by atoms with Gasteiger partial charge in [0.15, 0.2) is 0 Å². The number of aliphatic hydroxyl groups excluding tert-OH is 1. The van der Waals surface area contributed by atoms with Gasteiger partial charge in [0.05, 0.1) is 6.10 Å². The number of hydrogen-bond acceptors (Lipinski definition) is 3. The van der Waals surface area contributed by atoms with E-state index in [1.807, 2.05) is 0 Å². The first-order chi connectivity index (χ1) is 8.78. The molecule has 0 amide bonds. The first-order valence-corrected chi connectivity index (χ1v) is 6.21. The van der Waals surface area contributed by atoms with Gasteiger partial charge in [0.25, 0.3) is 0 Å². The van der Waals surface area contributed by atoms with Crippen LogP contribution in [0.5, 0.6) is 5.75 Å². The van der Waals surface area contributed by atoms with Gasteiger partial charge in [0.2, 0.25) is 0 Å². The Labute approximate surface area is 112 Å². The van der Waals surface area contributed by atoms with Crippen molar-refractivity contribution in [2.45, 2.75) is 33.5 Å². The van der Waals surface area contributed by atoms with Crippen LogP contribution in [0.4, 0.5) is 8.78 Å². The summed E-state index contributed by atoms with van der Waals surface area (Å²) < 4.78 is 28.5. The topological polar surface area (TPSA) is 41.5 Å². The lowest BCUT2D eigenvalue weighted by Crippen LogP contribution is -2.30. The van der Waals surface area contributed by atoms with E-state index in [1.54, 1.807) is 12.1 Å². The predicted molar refractivity (Wildman–Crippen MR) is 70.4 cm³/mol. The maximum Gasteiger partial charge on any atom is 0.387 e. The molecule has 0 aliphatic carbocycles. The molecule has 1 atom stereocenters. The maximum atomic E-state index is 12.1. The van der Waals surface area contributed by atoms with Crippen LogP contribution in [0, 0.1) is 5.41 Å². The highest BCUT2D eigenvalue weighted by atomic mass is 19.3. The molecule has 19 heavy (non-hydrogen) atoms. The van der Waals surface area contributed by atoms with Crippen LogP contribution in [0.15, 0.2) is 24.3 Å². The van der Waals surface area contributed by atoms with Crippen LogP contribution in [0.3, 0.4) is 0 Å². The van der Waals surface area contributed by atoms with Gasteiger partial charge in [0, 0.05) is 13.1 Å². The van der Waals surface area contributed by atoms with E-state index in [4.69, 9.17) is 0 Å². The lowest BCUT2D eigenvalue weighted by atomic mass is 9.97. The molecular formula is C14H21F2NO2. The van der Waals surface area contributed by atoms with Gasteiger partial charge < -0.3 is 15.2 Å². The second-order valence-corrected chi connectivity index (χ2v) is 5.66. The fourth-order valence-electron chi connectivity index (χ4n) is 1.60. The van der Waals surface area contributed by atoms with Crippen LogP contribution >= 0.6 is 0 Å². The van der Waals surface area contributed by atoms with E-state index in [0.717, 1.165) is 6.54 Å². The summed E-state index contributed by atoms with van der Waals surface area (Å²) in [5, 5.41) is 13.1. The fourth-order valence-corrected chi connectivity index (χ4v) is 1.60. The quantitative estimate of drug-likeness (QED) is 0.837. The van der Waals surface area contributed by atoms with Gasteiger partial charge in [-0.3, -0.25) is 0 Å². The van der Waals surface area contributed by atoms with Crippen LogP contribution < -0.4 is 10.1 Å². The zero-order valence-corrected chi connectivity index (χ0v) is 11.5. The van der Waals surface area contributed by atoms with Gasteiger partial charge in [-0.15, -0.1) is 0 Å². The summed E-state index contributed by atoms with van der Waals surface area (Å²) in [7, 11) is 0. The van der Waals surface area contributed by atoms with Gasteiger partial charge in [-0.2, -0.15) is 8.78 Å². The number of ether oxygens (including phenoxy) is 1. The van der Waals surface area contributed by atoms with Gasteiger partial charge >= 0.3 is 6.61 Å². The third-order valence-corrected chi connectivity index (χ3v) is 2.46. The highest BCUT2D eigenvalue weighted by Gasteiger charge is 2.13. The average Bonchev–Trinajstić information content (AvgIpc) is 2.26. The predicted octanol–water partition coefficient (Wildman–Crippen LogP) is 2.96. The van der Waals surface area contributed by atoms with Gasteiger partial charge in [-0.1, -0.05) is 32.9 Å². The summed E-state index contributed by atoms with van der Waals surface area (Å²) in [6.07, 6.45) is -0.747. The molecule has 0 aromatic heterocycles. The molecule has 0 saturated carbocycles. The smallest absolute Gasteiger partial charge is 0.387 e. The molecule has 0 bridgehead atoms. The van der Waals surface area contributed by atoms with Crippen molar-refractivity contribution in [1.82, 2.24) is 5.32 Å². The Morgan fingerprint density at radius 3 is 2.58 bits per heavy atom. The lowest BCUT2D eigenvalue weighted by Gasteiger charge is -2.20. The third kappa shape index (κ3) is 6.50. The van der Waals surface area contributed by atoms with Gasteiger partial charge in [0.1, 0.15) is 5.75 Å². The molecule has 1 unspecified atom stereocenters. The van der Waals surface area contributed by atoms with Crippen molar-refractivity contribution in [2.75, 3.05) is 13.1 Å². The van der Waals surface area contributed by atoms with Crippen molar-refractivity contribution in [3.05, 3.63) is 29.8 Å². The molecule has 0 radical (unpaired) electrons. The largest absolute Gasteiger partial charge is 0.435 e. The molecule has 5 heteroatoms. The minimum absolute atomic E-state index is 0.0578. The van der Waals surface area contributed by atoms with Crippen LogP contribution in [0.2, 0.25) is 0 Å². The summed E-state index contributed by atoms with van der Waals surface area (Å²) >= 11 is 0. The van der Waals surface area contributed by atoms with E-state index in [-0.39, 0.29) is 11.2 Å². The van der Waals surface area contributed by atoms with Crippen molar-refractivity contribution in [3.63, 3.8) is 0 Å². The summed E-state index contributed by atoms with van der Waals surface area (Å²) in [5.41, 5.74) is 0.680. The van der Waals surface area contributed by atoms with Crippen LogP contribution in [0.25, 0.3) is 0 Å². The van der Waals surface area contributed by atoms with Crippen molar-refractivity contribution in [2.24, 2.45) is 5.41 Å². The summed E-state index contributed by atoms with van der Waals surface area (Å²) in [6.45, 7) is 4.54. The first-order valence-electron chi connectivity index (χ1n) is 6.21. The molecule has 1 aromatic carbocycles. The van der Waals surface area contributed by atoms with E-state index in [2.05, 4.69) is 30.8 Å². The molecule has 0 fully saturated rings. The van der Waals surface area contributed by atoms with Crippen molar-refractivity contribution in [1.29, 1.82) is 0 Å². The maximum absolute atomic E-state index is 12.1. The minimum atomic E-state index is -2.86. The highest BCUT2D eigenvalue weighted by Crippen LogP contribution is 2.20. The van der Waals surface area contributed by atoms with E-state index < -0.39 is 12.7 Å². The number of alkyl halides is 2. The SMILES string of the molecule is CC(C)(C)CNCC(O)c1cccc(OC(F)F)c1. The number of nitrogens with one attached hydrogen (secondary N) is 1. The lowest BCUT2D eigenvalue weighted by molar-refractivity contribution is -0.0499. The summed E-state index contributed by atoms with van der Waals surface area (Å²) in [5.74, 6) is 0.0578. The van der Waals surface area contributed by atoms with E-state index in [0.29, 0.717) is 12.1 Å². The minimum Gasteiger partial charge on any atom is -0.435 e. The van der Waals surface area contributed by atoms with Crippen molar-refractivity contribution < 1.29 is 18.6 Å². The molecule has 2 N–H and O–H groups in total. The molecule has 3 nitrogen and oxygen atoms in total. The molecule has 1 rings (SSSR count). The van der Waals surface area contributed by atoms with Crippen LogP contribution in [0.1, 0.15) is 32.4 Å². The number of halogens is 2.